The summed E-state index contributed by atoms with van der Waals surface area (Å²) in [5.41, 5.74) is 5.83. The first-order chi connectivity index (χ1) is 15.6. The zero-order valence-electron chi connectivity index (χ0n) is 23.8. The van der Waals surface area contributed by atoms with Crippen LogP contribution < -0.4 is 0 Å². The highest BCUT2D eigenvalue weighted by molar-refractivity contribution is 5.66. The molecule has 192 valence electrons. The van der Waals surface area contributed by atoms with E-state index in [0.29, 0.717) is 27.6 Å². The fraction of sp³-hybridized carbons (Fsp3) is 0.906. The Bertz CT molecular complexity index is 910. The highest BCUT2D eigenvalue weighted by atomic mass is 16.5. The van der Waals surface area contributed by atoms with Crippen LogP contribution in [0.1, 0.15) is 133 Å². The third kappa shape index (κ3) is 3.21. The van der Waals surface area contributed by atoms with Crippen LogP contribution in [0.2, 0.25) is 0 Å². The molecule has 2 heteroatoms. The lowest BCUT2D eigenvalue weighted by Gasteiger charge is -2.69. The molecule has 0 saturated heterocycles. The van der Waals surface area contributed by atoms with Crippen LogP contribution in [0.25, 0.3) is 0 Å². The van der Waals surface area contributed by atoms with Crippen LogP contribution in [0.15, 0.2) is 11.1 Å². The fourth-order valence-electron chi connectivity index (χ4n) is 10.8. The largest absolute Gasteiger partial charge is 0.462 e. The average molecular weight is 469 g/mol. The predicted molar refractivity (Wildman–Crippen MR) is 140 cm³/mol. The van der Waals surface area contributed by atoms with Crippen molar-refractivity contribution in [2.45, 2.75) is 139 Å². The Morgan fingerprint density at radius 3 is 2.12 bits per heavy atom. The van der Waals surface area contributed by atoms with E-state index in [-0.39, 0.29) is 22.9 Å². The van der Waals surface area contributed by atoms with Gasteiger partial charge in [-0.25, -0.2) is 0 Å². The molecule has 0 heterocycles. The van der Waals surface area contributed by atoms with E-state index in [1.54, 1.807) is 6.92 Å². The molecule has 3 fully saturated rings. The smallest absolute Gasteiger partial charge is 0.302 e. The predicted octanol–water partition coefficient (Wildman–Crippen LogP) is 8.88. The monoisotopic (exact) mass is 468 g/mol. The van der Waals surface area contributed by atoms with E-state index in [2.05, 4.69) is 55.4 Å². The molecule has 0 aromatic carbocycles. The van der Waals surface area contributed by atoms with Crippen LogP contribution in [-0.4, -0.2) is 12.1 Å². The van der Waals surface area contributed by atoms with Gasteiger partial charge >= 0.3 is 5.97 Å². The van der Waals surface area contributed by atoms with Gasteiger partial charge in [-0.3, -0.25) is 4.79 Å². The van der Waals surface area contributed by atoms with Crippen molar-refractivity contribution in [3.05, 3.63) is 11.1 Å². The number of hydrogen-bond acceptors (Lipinski definition) is 2. The Morgan fingerprint density at radius 2 is 1.44 bits per heavy atom. The minimum absolute atomic E-state index is 0.0391. The van der Waals surface area contributed by atoms with Crippen molar-refractivity contribution in [3.8, 4) is 0 Å². The normalized spacial score (nSPS) is 49.3. The topological polar surface area (TPSA) is 26.3 Å². The molecule has 0 radical (unpaired) electrons. The summed E-state index contributed by atoms with van der Waals surface area (Å²) < 4.78 is 5.89. The molecule has 5 rings (SSSR count). The number of esters is 1. The van der Waals surface area contributed by atoms with Crippen molar-refractivity contribution in [2.75, 3.05) is 0 Å². The number of carbonyl (C=O) groups is 1. The van der Waals surface area contributed by atoms with E-state index in [9.17, 15) is 4.79 Å². The number of ether oxygens (including phenoxy) is 1. The number of carbonyl (C=O) groups excluding carboxylic acids is 1. The maximum atomic E-state index is 11.9. The summed E-state index contributed by atoms with van der Waals surface area (Å²) >= 11 is 0. The van der Waals surface area contributed by atoms with Crippen LogP contribution in [0.3, 0.4) is 0 Å². The number of rotatable bonds is 1. The van der Waals surface area contributed by atoms with Gasteiger partial charge < -0.3 is 4.74 Å². The Morgan fingerprint density at radius 1 is 0.765 bits per heavy atom. The van der Waals surface area contributed by atoms with Gasteiger partial charge in [-0.15, -0.1) is 0 Å². The van der Waals surface area contributed by atoms with Gasteiger partial charge in [0.1, 0.15) is 6.10 Å². The van der Waals surface area contributed by atoms with Crippen molar-refractivity contribution in [2.24, 2.45) is 44.3 Å². The van der Waals surface area contributed by atoms with Gasteiger partial charge in [0.15, 0.2) is 0 Å². The minimum Gasteiger partial charge on any atom is -0.462 e. The van der Waals surface area contributed by atoms with E-state index in [1.807, 2.05) is 11.1 Å². The molecule has 1 unspecified atom stereocenters. The van der Waals surface area contributed by atoms with Crippen LogP contribution in [-0.2, 0) is 9.53 Å². The fourth-order valence-corrected chi connectivity index (χ4v) is 10.8. The van der Waals surface area contributed by atoms with E-state index in [4.69, 9.17) is 4.74 Å². The van der Waals surface area contributed by atoms with Gasteiger partial charge in [-0.05, 0) is 110 Å². The molecule has 5 aliphatic rings. The van der Waals surface area contributed by atoms with Gasteiger partial charge in [0.05, 0.1) is 0 Å². The number of fused-ring (bicyclic) bond motifs is 6. The molecule has 0 aliphatic heterocycles. The molecule has 7 atom stereocenters. The molecule has 2 nitrogen and oxygen atoms in total. The molecule has 34 heavy (non-hydrogen) atoms. The molecule has 5 aliphatic carbocycles. The maximum absolute atomic E-state index is 11.9. The molecule has 0 bridgehead atoms. The minimum atomic E-state index is -0.112. The molecule has 0 amide bonds. The van der Waals surface area contributed by atoms with Crippen molar-refractivity contribution in [1.82, 2.24) is 0 Å². The maximum Gasteiger partial charge on any atom is 0.302 e. The standard InChI is InChI=1S/C32H52O2/c1-21(33)34-26-13-14-30(7)22-12-15-32(9)25-20-27(2,3)16-17-29(25,6)18-19-31(32,8)23(22)10-11-24(30)28(26,4)5/h24-26H,10-20H2,1-9H3/t24?,25-,26+,29-,30-,31-,32+/m1/s1. The lowest BCUT2D eigenvalue weighted by molar-refractivity contribution is -0.171. The van der Waals surface area contributed by atoms with Crippen LogP contribution >= 0.6 is 0 Å². The molecule has 0 spiro atoms. The van der Waals surface area contributed by atoms with Crippen molar-refractivity contribution in [1.29, 1.82) is 0 Å². The van der Waals surface area contributed by atoms with Gasteiger partial charge in [0.2, 0.25) is 0 Å². The van der Waals surface area contributed by atoms with Gasteiger partial charge in [0.25, 0.3) is 0 Å². The van der Waals surface area contributed by atoms with Crippen molar-refractivity contribution >= 4 is 5.97 Å². The molecular formula is C32H52O2. The number of allylic oxidation sites excluding steroid dienone is 2. The second-order valence-corrected chi connectivity index (χ2v) is 15.7. The molecule has 0 aromatic heterocycles. The molecular weight excluding hydrogens is 416 g/mol. The Balaban J connectivity index is 1.54. The van der Waals surface area contributed by atoms with Crippen molar-refractivity contribution in [3.63, 3.8) is 0 Å². The summed E-state index contributed by atoms with van der Waals surface area (Å²) in [4.78, 5) is 11.9. The second kappa shape index (κ2) is 7.38. The first-order valence-electron chi connectivity index (χ1n) is 14.5. The van der Waals surface area contributed by atoms with Crippen LogP contribution in [0.4, 0.5) is 0 Å². The van der Waals surface area contributed by atoms with E-state index in [0.717, 1.165) is 12.3 Å². The summed E-state index contributed by atoms with van der Waals surface area (Å²) in [6.45, 7) is 22.1. The van der Waals surface area contributed by atoms with Gasteiger partial charge in [0, 0.05) is 12.3 Å². The third-order valence-corrected chi connectivity index (χ3v) is 13.2. The van der Waals surface area contributed by atoms with Gasteiger partial charge in [-0.2, -0.15) is 0 Å². The highest BCUT2D eigenvalue weighted by Gasteiger charge is 2.66. The van der Waals surface area contributed by atoms with E-state index in [1.165, 1.54) is 64.2 Å². The zero-order valence-corrected chi connectivity index (χ0v) is 23.8. The molecule has 0 aromatic rings. The Hall–Kier alpha value is -0.790. The molecule has 0 N–H and O–H groups in total. The van der Waals surface area contributed by atoms with Crippen LogP contribution in [0, 0.1) is 44.3 Å². The SMILES string of the molecule is CC(=O)O[C@H]1CC[C@]2(C)C3=C(CCC2C1(C)C)[C@@]1(C)CC[C@@]2(C)CCC(C)(C)C[C@H]2[C@]1(C)CC3. The van der Waals surface area contributed by atoms with E-state index < -0.39 is 0 Å². The lowest BCUT2D eigenvalue weighted by Crippen LogP contribution is -2.61. The summed E-state index contributed by atoms with van der Waals surface area (Å²) in [5.74, 6) is 1.34. The highest BCUT2D eigenvalue weighted by Crippen LogP contribution is 2.75. The zero-order chi connectivity index (χ0) is 24.9. The Labute approximate surface area is 210 Å². The Kier molecular flexibility index (Phi) is 5.40. The summed E-state index contributed by atoms with van der Waals surface area (Å²) in [5, 5.41) is 0. The number of hydrogen-bond donors (Lipinski definition) is 0. The first-order valence-corrected chi connectivity index (χ1v) is 14.5. The lowest BCUT2D eigenvalue weighted by atomic mass is 9.35. The summed E-state index contributed by atoms with van der Waals surface area (Å²) in [6, 6.07) is 0. The summed E-state index contributed by atoms with van der Waals surface area (Å²) in [6.07, 6.45) is 14.5. The second-order valence-electron chi connectivity index (χ2n) is 15.7. The van der Waals surface area contributed by atoms with Crippen molar-refractivity contribution < 1.29 is 9.53 Å². The molecule has 3 saturated carbocycles. The first kappa shape index (κ1) is 24.9. The average Bonchev–Trinajstić information content (AvgIpc) is 2.73. The van der Waals surface area contributed by atoms with E-state index >= 15 is 0 Å². The summed E-state index contributed by atoms with van der Waals surface area (Å²) in [7, 11) is 0. The van der Waals surface area contributed by atoms with Gasteiger partial charge in [-0.1, -0.05) is 66.5 Å². The third-order valence-electron chi connectivity index (χ3n) is 13.2. The quantitative estimate of drug-likeness (QED) is 0.284. The van der Waals surface area contributed by atoms with Crippen LogP contribution in [0.5, 0.6) is 0 Å².